The Balaban J connectivity index is 1.28. The van der Waals surface area contributed by atoms with E-state index in [1.165, 1.54) is 0 Å². The van der Waals surface area contributed by atoms with Gasteiger partial charge in [-0.15, -0.1) is 5.10 Å². The van der Waals surface area contributed by atoms with Crippen LogP contribution in [-0.4, -0.2) is 47.1 Å². The molecule has 1 N–H and O–H groups in total. The number of halogens is 2. The first-order valence-electron chi connectivity index (χ1n) is 14.7. The van der Waals surface area contributed by atoms with Crippen LogP contribution in [0.3, 0.4) is 0 Å². The Hall–Kier alpha value is -2.93. The molecule has 1 saturated heterocycles. The smallest absolute Gasteiger partial charge is 0.264 e. The van der Waals surface area contributed by atoms with Crippen molar-refractivity contribution in [1.82, 2.24) is 15.0 Å². The van der Waals surface area contributed by atoms with Crippen LogP contribution in [0.2, 0.25) is 18.6 Å². The van der Waals surface area contributed by atoms with Gasteiger partial charge in [-0.05, 0) is 71.4 Å². The predicted molar refractivity (Wildman–Crippen MR) is 175 cm³/mol. The molecule has 2 aliphatic rings. The van der Waals surface area contributed by atoms with E-state index in [1.807, 2.05) is 96.9 Å². The minimum absolute atomic E-state index is 0.0849. The molecular weight excluding hydrogens is 674 g/mol. The number of fused-ring (bicyclic) bond motifs is 2. The van der Waals surface area contributed by atoms with Crippen molar-refractivity contribution in [2.24, 2.45) is 5.92 Å². The van der Waals surface area contributed by atoms with Crippen LogP contribution in [0.5, 0.6) is 0 Å². The molecule has 1 unspecified atom stereocenters. The molecule has 1 aromatic heterocycles. The molecule has 6 rings (SSSR count). The number of benzene rings is 3. The third-order valence-electron chi connectivity index (χ3n) is 9.06. The van der Waals surface area contributed by atoms with Crippen LogP contribution < -0.4 is 4.90 Å². The number of nitrogens with zero attached hydrogens (tertiary/aromatic N) is 4. The lowest BCUT2D eigenvalue weighted by Crippen LogP contribution is -2.45. The number of rotatable bonds is 9. The number of hydrogen-bond acceptors (Lipinski definition) is 5. The van der Waals surface area contributed by atoms with E-state index < -0.39 is 20.1 Å². The lowest BCUT2D eigenvalue weighted by molar-refractivity contribution is -0.146. The van der Waals surface area contributed by atoms with Crippen LogP contribution in [-0.2, 0) is 28.2 Å². The standard InChI is InChI=1S/C33H36FIN4O3Si/c1-22-31(43(2,3)34)30(17-18-38-20-28(36-37-38)26(21-40)24-9-5-4-6-10-24)42-33(22)27-11-7-8-12-29(27)39(32(33)41)19-23-13-15-25(35)16-14-23/h4-16,20,22,26,30-31,40H,17-19,21H2,1-3H3/t22-,26?,30+,31-,33+/m1/s1. The van der Waals surface area contributed by atoms with Gasteiger partial charge in [-0.25, -0.2) is 0 Å². The summed E-state index contributed by atoms with van der Waals surface area (Å²) in [4.78, 5) is 16.3. The summed E-state index contributed by atoms with van der Waals surface area (Å²) in [6.45, 7) is 6.22. The number of carbonyl (C=O) groups excluding carboxylic acids is 1. The van der Waals surface area contributed by atoms with Gasteiger partial charge in [0.1, 0.15) is 0 Å². The second kappa shape index (κ2) is 11.9. The van der Waals surface area contributed by atoms with Crippen LogP contribution in [0.4, 0.5) is 9.80 Å². The van der Waals surface area contributed by atoms with Crippen molar-refractivity contribution in [3.8, 4) is 0 Å². The fourth-order valence-corrected chi connectivity index (χ4v) is 10.00. The number of amides is 1. The predicted octanol–water partition coefficient (Wildman–Crippen LogP) is 6.42. The topological polar surface area (TPSA) is 80.5 Å². The number of aliphatic hydroxyl groups excluding tert-OH is 1. The van der Waals surface area contributed by atoms with Crippen molar-refractivity contribution >= 4 is 42.6 Å². The van der Waals surface area contributed by atoms with Gasteiger partial charge in [-0.2, -0.15) is 0 Å². The largest absolute Gasteiger partial charge is 0.395 e. The van der Waals surface area contributed by atoms with Crippen LogP contribution in [0.25, 0.3) is 0 Å². The van der Waals surface area contributed by atoms with Gasteiger partial charge in [0.15, 0.2) is 5.60 Å². The minimum Gasteiger partial charge on any atom is -0.395 e. The summed E-state index contributed by atoms with van der Waals surface area (Å²) in [5.74, 6) is -0.748. The van der Waals surface area contributed by atoms with Gasteiger partial charge < -0.3 is 18.9 Å². The third kappa shape index (κ3) is 5.47. The van der Waals surface area contributed by atoms with Crippen molar-refractivity contribution in [3.63, 3.8) is 0 Å². The summed E-state index contributed by atoms with van der Waals surface area (Å²) in [7, 11) is -3.27. The molecule has 0 saturated carbocycles. The monoisotopic (exact) mass is 710 g/mol. The lowest BCUT2D eigenvalue weighted by atomic mass is 9.82. The SMILES string of the molecule is C[C@@H]1[C@@H]([Si](C)(C)F)[C@H](CCn2cc(C(CO)c3ccccc3)nn2)O[C@@]12C(=O)N(Cc1ccc(I)cc1)c1ccccc12. The molecule has 7 nitrogen and oxygen atoms in total. The van der Waals surface area contributed by atoms with E-state index in [1.54, 1.807) is 17.8 Å². The highest BCUT2D eigenvalue weighted by molar-refractivity contribution is 14.1. The Bertz CT molecular complexity index is 1600. The van der Waals surface area contributed by atoms with E-state index >= 15 is 4.11 Å². The summed E-state index contributed by atoms with van der Waals surface area (Å²) in [5.41, 5.74) is 2.68. The Morgan fingerprint density at radius 3 is 2.47 bits per heavy atom. The van der Waals surface area contributed by atoms with Crippen molar-refractivity contribution in [3.05, 3.63) is 111 Å². The van der Waals surface area contributed by atoms with E-state index in [9.17, 15) is 9.90 Å². The summed E-state index contributed by atoms with van der Waals surface area (Å²) < 4.78 is 25.9. The van der Waals surface area contributed by atoms with Gasteiger partial charge >= 0.3 is 0 Å². The first-order chi connectivity index (χ1) is 20.6. The number of carbonyl (C=O) groups is 1. The second-order valence-electron chi connectivity index (χ2n) is 12.1. The van der Waals surface area contributed by atoms with Gasteiger partial charge in [0, 0.05) is 33.3 Å². The normalized spacial score (nSPS) is 24.1. The summed E-state index contributed by atoms with van der Waals surface area (Å²) in [5, 5.41) is 18.7. The zero-order chi connectivity index (χ0) is 30.4. The molecule has 1 spiro atoms. The molecule has 43 heavy (non-hydrogen) atoms. The summed E-state index contributed by atoms with van der Waals surface area (Å²) in [6.07, 6.45) is 1.86. The molecule has 10 heteroatoms. The van der Waals surface area contributed by atoms with Crippen molar-refractivity contribution < 1.29 is 18.7 Å². The van der Waals surface area contributed by atoms with E-state index in [0.717, 1.165) is 25.9 Å². The van der Waals surface area contributed by atoms with E-state index in [2.05, 4.69) is 32.9 Å². The maximum Gasteiger partial charge on any atom is 0.264 e. The molecular formula is C33H36FIN4O3Si. The molecule has 0 bridgehead atoms. The average Bonchev–Trinajstić information content (AvgIpc) is 3.65. The molecule has 5 atom stereocenters. The number of aromatic nitrogens is 3. The van der Waals surface area contributed by atoms with Crippen LogP contribution >= 0.6 is 22.6 Å². The molecule has 2 aliphatic heterocycles. The maximum atomic E-state index is 16.2. The molecule has 3 aromatic carbocycles. The Morgan fingerprint density at radius 2 is 1.77 bits per heavy atom. The van der Waals surface area contributed by atoms with Gasteiger partial charge in [-0.3, -0.25) is 9.48 Å². The van der Waals surface area contributed by atoms with Crippen LogP contribution in [0.1, 0.15) is 41.6 Å². The summed E-state index contributed by atoms with van der Waals surface area (Å²) in [6, 6.07) is 25.7. The van der Waals surface area contributed by atoms with Crippen molar-refractivity contribution in [2.45, 2.75) is 62.7 Å². The minimum atomic E-state index is -3.27. The maximum absolute atomic E-state index is 16.2. The number of ether oxygens (including phenoxy) is 1. The third-order valence-corrected chi connectivity index (χ3v) is 12.2. The molecule has 3 heterocycles. The lowest BCUT2D eigenvalue weighted by Gasteiger charge is -2.31. The molecule has 0 aliphatic carbocycles. The average molecular weight is 711 g/mol. The Labute approximate surface area is 266 Å². The number of para-hydroxylation sites is 1. The zero-order valence-corrected chi connectivity index (χ0v) is 27.7. The van der Waals surface area contributed by atoms with Gasteiger partial charge in [0.05, 0.1) is 36.6 Å². The van der Waals surface area contributed by atoms with Gasteiger partial charge in [0.2, 0.25) is 8.41 Å². The molecule has 0 radical (unpaired) electrons. The molecule has 4 aromatic rings. The molecule has 1 fully saturated rings. The zero-order valence-electron chi connectivity index (χ0n) is 24.5. The highest BCUT2D eigenvalue weighted by atomic mass is 127. The van der Waals surface area contributed by atoms with Gasteiger partial charge in [0.25, 0.3) is 5.91 Å². The van der Waals surface area contributed by atoms with Crippen molar-refractivity contribution in [2.75, 3.05) is 11.5 Å². The number of hydrogen-bond donors (Lipinski definition) is 1. The highest BCUT2D eigenvalue weighted by Crippen LogP contribution is 2.60. The fourth-order valence-electron chi connectivity index (χ4n) is 7.10. The first-order valence-corrected chi connectivity index (χ1v) is 18.8. The quantitative estimate of drug-likeness (QED) is 0.123. The van der Waals surface area contributed by atoms with Crippen LogP contribution in [0.15, 0.2) is 85.1 Å². The Morgan fingerprint density at radius 1 is 1.07 bits per heavy atom. The molecule has 1 amide bonds. The van der Waals surface area contributed by atoms with Gasteiger partial charge in [-0.1, -0.05) is 72.8 Å². The fraction of sp³-hybridized carbons (Fsp3) is 0.364. The summed E-state index contributed by atoms with van der Waals surface area (Å²) >= 11 is 2.27. The van der Waals surface area contributed by atoms with E-state index in [0.29, 0.717) is 25.2 Å². The van der Waals surface area contributed by atoms with E-state index in [-0.39, 0.29) is 29.9 Å². The number of aliphatic hydroxyl groups is 1. The molecule has 224 valence electrons. The van der Waals surface area contributed by atoms with Crippen LogP contribution in [0, 0.1) is 9.49 Å². The Kier molecular flexibility index (Phi) is 8.31. The van der Waals surface area contributed by atoms with Crippen molar-refractivity contribution in [1.29, 1.82) is 0 Å². The van der Waals surface area contributed by atoms with E-state index in [4.69, 9.17) is 4.74 Å². The highest BCUT2D eigenvalue weighted by Gasteiger charge is 2.66. The number of aryl methyl sites for hydroxylation is 1. The first kappa shape index (κ1) is 30.1. The second-order valence-corrected chi connectivity index (χ2v) is 17.2. The number of anilines is 1.